The number of hydrogen-bond donors (Lipinski definition) is 0. The predicted octanol–water partition coefficient (Wildman–Crippen LogP) is 5.30. The van der Waals surface area contributed by atoms with Crippen molar-refractivity contribution in [1.82, 2.24) is 19.2 Å². The molecule has 0 unspecified atom stereocenters. The average molecular weight is 415 g/mol. The largest absolute Gasteiger partial charge is 0.303 e. The van der Waals surface area contributed by atoms with Gasteiger partial charge >= 0.3 is 0 Å². The van der Waals surface area contributed by atoms with E-state index in [2.05, 4.69) is 59.9 Å². The van der Waals surface area contributed by atoms with Gasteiger partial charge in [0.2, 0.25) is 0 Å². The molecule has 30 heavy (non-hydrogen) atoms. The van der Waals surface area contributed by atoms with Crippen LogP contribution in [0.15, 0.2) is 48.7 Å². The van der Waals surface area contributed by atoms with E-state index in [1.54, 1.807) is 0 Å². The van der Waals surface area contributed by atoms with E-state index in [0.717, 1.165) is 48.9 Å². The number of thiophene rings is 1. The average Bonchev–Trinajstić information content (AvgIpc) is 3.38. The molecule has 5 rings (SSSR count). The lowest BCUT2D eigenvalue weighted by molar-refractivity contribution is 0.0995. The van der Waals surface area contributed by atoms with Gasteiger partial charge in [0.25, 0.3) is 0 Å². The summed E-state index contributed by atoms with van der Waals surface area (Å²) in [6.07, 6.45) is 2.36. The molecule has 0 aliphatic heterocycles. The van der Waals surface area contributed by atoms with Crippen molar-refractivity contribution >= 4 is 33.0 Å². The van der Waals surface area contributed by atoms with E-state index in [9.17, 15) is 4.79 Å². The number of carbonyl (C=O) groups excluding carboxylic acids is 1. The number of imidazole rings is 1. The monoisotopic (exact) mass is 414 g/mol. The van der Waals surface area contributed by atoms with Crippen LogP contribution < -0.4 is 0 Å². The Morgan fingerprint density at radius 1 is 1.03 bits per heavy atom. The molecule has 0 aliphatic carbocycles. The summed E-state index contributed by atoms with van der Waals surface area (Å²) in [6.45, 7) is 6.10. The minimum Gasteiger partial charge on any atom is -0.303 e. The Bertz CT molecular complexity index is 1380. The second kappa shape index (κ2) is 6.92. The van der Waals surface area contributed by atoms with E-state index >= 15 is 0 Å². The molecule has 0 saturated carbocycles. The minimum atomic E-state index is 0.104. The van der Waals surface area contributed by atoms with E-state index < -0.39 is 0 Å². The van der Waals surface area contributed by atoms with Crippen molar-refractivity contribution in [3.05, 3.63) is 76.1 Å². The predicted molar refractivity (Wildman–Crippen MR) is 121 cm³/mol. The second-order valence-corrected chi connectivity index (χ2v) is 8.88. The molecule has 0 N–H and O–H groups in total. The smallest absolute Gasteiger partial charge is 0.178 e. The standard InChI is InChI=1S/C24H22N4OS/c1-14-5-8-17(9-6-14)23-19(28-13-15(2)7-10-22(28)25-23)12-20(29)21-11-18-16(3)26-27(4)24(18)30-21/h5-11,13H,12H2,1-4H3. The van der Waals surface area contributed by atoms with E-state index in [1.807, 2.05) is 30.8 Å². The third kappa shape index (κ3) is 3.04. The molecule has 0 amide bonds. The number of hydrogen-bond acceptors (Lipinski definition) is 4. The van der Waals surface area contributed by atoms with Crippen LogP contribution in [0.4, 0.5) is 0 Å². The van der Waals surface area contributed by atoms with Crippen molar-refractivity contribution in [1.29, 1.82) is 0 Å². The number of fused-ring (bicyclic) bond motifs is 2. The van der Waals surface area contributed by atoms with Crippen LogP contribution >= 0.6 is 11.3 Å². The summed E-state index contributed by atoms with van der Waals surface area (Å²) in [4.78, 5) is 20.0. The fourth-order valence-corrected chi connectivity index (χ4v) is 4.95. The van der Waals surface area contributed by atoms with Gasteiger partial charge in [-0.15, -0.1) is 11.3 Å². The lowest BCUT2D eigenvalue weighted by Gasteiger charge is -2.06. The molecule has 0 radical (unpaired) electrons. The molecule has 0 atom stereocenters. The van der Waals surface area contributed by atoms with Crippen LogP contribution in [0.2, 0.25) is 0 Å². The van der Waals surface area contributed by atoms with Crippen molar-refractivity contribution in [2.75, 3.05) is 0 Å². The second-order valence-electron chi connectivity index (χ2n) is 7.85. The highest BCUT2D eigenvalue weighted by Gasteiger charge is 2.21. The van der Waals surface area contributed by atoms with Crippen molar-refractivity contribution in [2.24, 2.45) is 7.05 Å². The highest BCUT2D eigenvalue weighted by molar-refractivity contribution is 7.20. The lowest BCUT2D eigenvalue weighted by Crippen LogP contribution is -2.06. The lowest BCUT2D eigenvalue weighted by atomic mass is 10.0. The number of benzene rings is 1. The van der Waals surface area contributed by atoms with E-state index in [1.165, 1.54) is 16.9 Å². The summed E-state index contributed by atoms with van der Waals surface area (Å²) in [5, 5.41) is 5.49. The van der Waals surface area contributed by atoms with E-state index in [4.69, 9.17) is 4.98 Å². The van der Waals surface area contributed by atoms with Gasteiger partial charge in [0.15, 0.2) is 5.78 Å². The summed E-state index contributed by atoms with van der Waals surface area (Å²) in [5.41, 5.74) is 6.96. The van der Waals surface area contributed by atoms with Crippen LogP contribution in [0.25, 0.3) is 27.1 Å². The number of Topliss-reactive ketones (excluding diaryl/α,β-unsaturated/α-hetero) is 1. The molecule has 150 valence electrons. The maximum Gasteiger partial charge on any atom is 0.178 e. The first kappa shape index (κ1) is 18.8. The van der Waals surface area contributed by atoms with Crippen molar-refractivity contribution in [3.8, 4) is 11.3 Å². The summed E-state index contributed by atoms with van der Waals surface area (Å²) in [6, 6.07) is 14.4. The Hall–Kier alpha value is -3.25. The first-order valence-electron chi connectivity index (χ1n) is 9.91. The van der Waals surface area contributed by atoms with Gasteiger partial charge in [-0.05, 0) is 38.5 Å². The maximum atomic E-state index is 13.3. The van der Waals surface area contributed by atoms with Crippen LogP contribution in [0, 0.1) is 20.8 Å². The summed E-state index contributed by atoms with van der Waals surface area (Å²) < 4.78 is 3.91. The highest BCUT2D eigenvalue weighted by Crippen LogP contribution is 2.31. The van der Waals surface area contributed by atoms with Gasteiger partial charge in [-0.1, -0.05) is 35.9 Å². The molecule has 0 fully saturated rings. The van der Waals surface area contributed by atoms with Gasteiger partial charge in [-0.3, -0.25) is 9.48 Å². The van der Waals surface area contributed by atoms with Gasteiger partial charge in [0.05, 0.1) is 28.4 Å². The molecule has 0 bridgehead atoms. The highest BCUT2D eigenvalue weighted by atomic mass is 32.1. The minimum absolute atomic E-state index is 0.104. The molecule has 4 heterocycles. The Morgan fingerprint density at radius 2 is 1.77 bits per heavy atom. The first-order chi connectivity index (χ1) is 14.4. The van der Waals surface area contributed by atoms with Crippen molar-refractivity contribution < 1.29 is 4.79 Å². The number of aromatic nitrogens is 4. The number of aryl methyl sites for hydroxylation is 4. The zero-order valence-corrected chi connectivity index (χ0v) is 18.2. The topological polar surface area (TPSA) is 52.2 Å². The quantitative estimate of drug-likeness (QED) is 0.375. The zero-order valence-electron chi connectivity index (χ0n) is 17.4. The number of rotatable bonds is 4. The molecule has 0 saturated heterocycles. The molecule has 4 aromatic heterocycles. The van der Waals surface area contributed by atoms with Gasteiger partial charge in [0, 0.05) is 24.2 Å². The number of ketones is 1. The molecule has 0 spiro atoms. The fraction of sp³-hybridized carbons (Fsp3) is 0.208. The van der Waals surface area contributed by atoms with Crippen LogP contribution in [0.5, 0.6) is 0 Å². The van der Waals surface area contributed by atoms with Crippen molar-refractivity contribution in [2.45, 2.75) is 27.2 Å². The van der Waals surface area contributed by atoms with Gasteiger partial charge in [0.1, 0.15) is 10.5 Å². The summed E-state index contributed by atoms with van der Waals surface area (Å²) in [7, 11) is 1.92. The van der Waals surface area contributed by atoms with Crippen LogP contribution in [0.3, 0.4) is 0 Å². The summed E-state index contributed by atoms with van der Waals surface area (Å²) >= 11 is 1.51. The van der Waals surface area contributed by atoms with E-state index in [0.29, 0.717) is 6.42 Å². The Labute approximate surface area is 178 Å². The zero-order chi connectivity index (χ0) is 21.0. The molecule has 6 heteroatoms. The molecule has 0 aliphatic rings. The fourth-order valence-electron chi connectivity index (χ4n) is 3.89. The normalized spacial score (nSPS) is 11.6. The van der Waals surface area contributed by atoms with Gasteiger partial charge in [-0.25, -0.2) is 4.98 Å². The molecular formula is C24H22N4OS. The Balaban J connectivity index is 1.62. The Kier molecular flexibility index (Phi) is 4.33. The molecular weight excluding hydrogens is 392 g/mol. The third-order valence-electron chi connectivity index (χ3n) is 5.49. The summed E-state index contributed by atoms with van der Waals surface area (Å²) in [5.74, 6) is 0.104. The molecule has 5 aromatic rings. The van der Waals surface area contributed by atoms with Crippen LogP contribution in [-0.2, 0) is 13.5 Å². The number of carbonyl (C=O) groups is 1. The van der Waals surface area contributed by atoms with Crippen molar-refractivity contribution in [3.63, 3.8) is 0 Å². The van der Waals surface area contributed by atoms with E-state index in [-0.39, 0.29) is 5.78 Å². The SMILES string of the molecule is Cc1ccc(-c2nc3ccc(C)cn3c2CC(=O)c2cc3c(C)nn(C)c3s2)cc1. The molecule has 5 nitrogen and oxygen atoms in total. The van der Waals surface area contributed by atoms with Gasteiger partial charge in [-0.2, -0.15) is 5.10 Å². The molecule has 1 aromatic carbocycles. The number of nitrogens with zero attached hydrogens (tertiary/aromatic N) is 4. The van der Waals surface area contributed by atoms with Gasteiger partial charge < -0.3 is 4.40 Å². The maximum absolute atomic E-state index is 13.3. The third-order valence-corrected chi connectivity index (χ3v) is 6.73. The number of pyridine rings is 1. The first-order valence-corrected chi connectivity index (χ1v) is 10.7. The van der Waals surface area contributed by atoms with Crippen LogP contribution in [-0.4, -0.2) is 24.9 Å². The Morgan fingerprint density at radius 3 is 2.50 bits per heavy atom. The van der Waals surface area contributed by atoms with Crippen LogP contribution in [0.1, 0.15) is 32.2 Å².